The summed E-state index contributed by atoms with van der Waals surface area (Å²) in [4.78, 5) is 46.9. The van der Waals surface area contributed by atoms with Crippen molar-refractivity contribution in [1.29, 1.82) is 0 Å². The standard InChI is InChI=1S/C31H30N4O5.C2HF3O2/c1-18-14-22-9-8-19(18)12-13-40-31(39)34-23-6-2-5-21(16-23)27(17-28(36)37)35-30(38)29(22)33-24-10-11-25-20(15-24)4-3-7-26(25)32;3-2(4,5)1(6)7/h2-11,14-16,27,29,33H,12-13,17,32H2,1H3,(H,34,39)(H,35,38)(H,36,37);(H,6,7)/t27?,29-;/m1./s1. The topological polar surface area (TPSA) is 180 Å². The maximum absolute atomic E-state index is 13.9. The highest BCUT2D eigenvalue weighted by atomic mass is 19.4. The molecular formula is C33H31F3N4O7. The molecule has 11 nitrogen and oxygen atoms in total. The molecule has 1 unspecified atom stereocenters. The molecule has 0 aromatic heterocycles. The first-order chi connectivity index (χ1) is 22.2. The Labute approximate surface area is 266 Å². The SMILES string of the molecule is Cc1cc2ccc1CCOC(=O)Nc1cccc(c1)C(CC(=O)O)NC(=O)[C@@H]2Nc1ccc2c(N)cccc2c1.O=C(O)C(F)(F)F. The van der Waals surface area contributed by atoms with Crippen LogP contribution in [0.3, 0.4) is 0 Å². The summed E-state index contributed by atoms with van der Waals surface area (Å²) in [5.74, 6) is -4.22. The van der Waals surface area contributed by atoms with Crippen molar-refractivity contribution in [3.63, 3.8) is 0 Å². The number of ether oxygens (including phenoxy) is 1. The molecule has 7 N–H and O–H groups in total. The van der Waals surface area contributed by atoms with Gasteiger partial charge in [-0.05, 0) is 64.9 Å². The molecule has 4 aromatic carbocycles. The van der Waals surface area contributed by atoms with Crippen molar-refractivity contribution < 1.29 is 47.3 Å². The Hall–Kier alpha value is -5.79. The molecule has 4 bridgehead atoms. The zero-order valence-corrected chi connectivity index (χ0v) is 24.9. The van der Waals surface area contributed by atoms with Crippen LogP contribution in [-0.4, -0.2) is 46.9 Å². The number of nitrogens with one attached hydrogen (secondary N) is 3. The lowest BCUT2D eigenvalue weighted by Gasteiger charge is -2.25. The Balaban J connectivity index is 0.000000644. The number of rotatable bonds is 4. The van der Waals surface area contributed by atoms with E-state index in [0.29, 0.717) is 34.6 Å². The van der Waals surface area contributed by atoms with Crippen LogP contribution in [0.25, 0.3) is 10.8 Å². The van der Waals surface area contributed by atoms with Crippen molar-refractivity contribution in [3.05, 3.63) is 101 Å². The van der Waals surface area contributed by atoms with Crippen molar-refractivity contribution in [3.8, 4) is 0 Å². The Bertz CT molecular complexity index is 1810. The van der Waals surface area contributed by atoms with Gasteiger partial charge in [0, 0.05) is 28.9 Å². The number of alkyl halides is 3. The number of carboxylic acid groups (broad SMARTS) is 2. The van der Waals surface area contributed by atoms with Crippen LogP contribution in [0.1, 0.15) is 40.8 Å². The molecule has 0 saturated carbocycles. The van der Waals surface area contributed by atoms with Crippen LogP contribution in [0.15, 0.2) is 78.9 Å². The summed E-state index contributed by atoms with van der Waals surface area (Å²) >= 11 is 0. The van der Waals surface area contributed by atoms with Gasteiger partial charge in [0.15, 0.2) is 0 Å². The quantitative estimate of drug-likeness (QED) is 0.145. The number of nitrogen functional groups attached to an aromatic ring is 1. The van der Waals surface area contributed by atoms with Gasteiger partial charge in [-0.2, -0.15) is 13.2 Å². The smallest absolute Gasteiger partial charge is 0.481 e. The maximum Gasteiger partial charge on any atom is 0.490 e. The van der Waals surface area contributed by atoms with Crippen molar-refractivity contribution in [1.82, 2.24) is 5.32 Å². The van der Waals surface area contributed by atoms with Crippen LogP contribution in [0.2, 0.25) is 0 Å². The average molecular weight is 653 g/mol. The molecule has 6 rings (SSSR count). The summed E-state index contributed by atoms with van der Waals surface area (Å²) in [6.07, 6.45) is -5.53. The van der Waals surface area contributed by atoms with Gasteiger partial charge in [-0.15, -0.1) is 0 Å². The van der Waals surface area contributed by atoms with E-state index in [1.165, 1.54) is 0 Å². The number of benzene rings is 4. The number of aryl methyl sites for hydroxylation is 1. The molecular weight excluding hydrogens is 621 g/mol. The third kappa shape index (κ3) is 9.12. The summed E-state index contributed by atoms with van der Waals surface area (Å²) in [6, 6.07) is 22.1. The van der Waals surface area contributed by atoms with E-state index < -0.39 is 42.2 Å². The minimum Gasteiger partial charge on any atom is -0.481 e. The van der Waals surface area contributed by atoms with E-state index in [-0.39, 0.29) is 13.0 Å². The highest BCUT2D eigenvalue weighted by Crippen LogP contribution is 2.29. The first-order valence-electron chi connectivity index (χ1n) is 14.2. The van der Waals surface area contributed by atoms with Crippen molar-refractivity contribution >= 4 is 51.8 Å². The molecule has 2 amide bonds. The predicted molar refractivity (Wildman–Crippen MR) is 168 cm³/mol. The summed E-state index contributed by atoms with van der Waals surface area (Å²) in [7, 11) is 0. The monoisotopic (exact) mass is 652 g/mol. The molecule has 0 spiro atoms. The molecule has 14 heteroatoms. The normalized spacial score (nSPS) is 16.6. The van der Waals surface area contributed by atoms with E-state index >= 15 is 0 Å². The molecule has 2 aliphatic rings. The Morgan fingerprint density at radius 1 is 0.979 bits per heavy atom. The number of carbonyl (C=O) groups is 4. The zero-order chi connectivity index (χ0) is 34.3. The highest BCUT2D eigenvalue weighted by molar-refractivity contribution is 5.95. The number of fused-ring (bicyclic) bond motifs is 10. The van der Waals surface area contributed by atoms with Gasteiger partial charge < -0.3 is 31.3 Å². The minimum absolute atomic E-state index is 0.176. The Morgan fingerprint density at radius 3 is 2.38 bits per heavy atom. The van der Waals surface area contributed by atoms with Gasteiger partial charge in [0.05, 0.1) is 19.1 Å². The Kier molecular flexibility index (Phi) is 10.5. The number of hydrogen-bond donors (Lipinski definition) is 6. The molecule has 2 atom stereocenters. The van der Waals surface area contributed by atoms with Gasteiger partial charge >= 0.3 is 24.2 Å². The molecule has 0 radical (unpaired) electrons. The maximum atomic E-state index is 13.9. The van der Waals surface area contributed by atoms with Gasteiger partial charge in [0.1, 0.15) is 6.04 Å². The number of nitrogens with two attached hydrogens (primary N) is 1. The first kappa shape index (κ1) is 34.1. The van der Waals surface area contributed by atoms with Crippen LogP contribution in [0.5, 0.6) is 0 Å². The zero-order valence-electron chi connectivity index (χ0n) is 24.9. The molecule has 47 heavy (non-hydrogen) atoms. The lowest BCUT2D eigenvalue weighted by Crippen LogP contribution is -2.37. The first-order valence-corrected chi connectivity index (χ1v) is 14.2. The van der Waals surface area contributed by atoms with Crippen molar-refractivity contribution in [2.24, 2.45) is 0 Å². The van der Waals surface area contributed by atoms with Crippen LogP contribution in [-0.2, 0) is 25.5 Å². The largest absolute Gasteiger partial charge is 0.490 e. The fourth-order valence-corrected chi connectivity index (χ4v) is 4.97. The molecule has 2 aliphatic heterocycles. The molecule has 0 aliphatic carbocycles. The summed E-state index contributed by atoms with van der Waals surface area (Å²) < 4.78 is 37.1. The number of anilines is 3. The van der Waals surface area contributed by atoms with Gasteiger partial charge in [0.2, 0.25) is 5.91 Å². The van der Waals surface area contributed by atoms with E-state index in [9.17, 15) is 32.7 Å². The lowest BCUT2D eigenvalue weighted by atomic mass is 9.96. The minimum atomic E-state index is -5.08. The van der Waals surface area contributed by atoms with Crippen molar-refractivity contribution in [2.45, 2.75) is 38.0 Å². The second-order valence-electron chi connectivity index (χ2n) is 10.6. The fourth-order valence-electron chi connectivity index (χ4n) is 4.97. The van der Waals surface area contributed by atoms with Crippen LogP contribution < -0.4 is 21.7 Å². The van der Waals surface area contributed by atoms with Crippen molar-refractivity contribution in [2.75, 3.05) is 23.0 Å². The number of carbonyl (C=O) groups excluding carboxylic acids is 2. The molecule has 246 valence electrons. The van der Waals surface area contributed by atoms with Gasteiger partial charge in [-0.25, -0.2) is 9.59 Å². The number of amides is 2. The second-order valence-corrected chi connectivity index (χ2v) is 10.6. The van der Waals surface area contributed by atoms with Gasteiger partial charge in [-0.3, -0.25) is 14.9 Å². The highest BCUT2D eigenvalue weighted by Gasteiger charge is 2.38. The summed E-state index contributed by atoms with van der Waals surface area (Å²) in [5, 5.41) is 27.5. The number of aliphatic carboxylic acids is 2. The number of carboxylic acids is 2. The van der Waals surface area contributed by atoms with E-state index in [1.807, 2.05) is 61.5 Å². The summed E-state index contributed by atoms with van der Waals surface area (Å²) in [6.45, 7) is 2.11. The number of hydrogen-bond acceptors (Lipinski definition) is 7. The molecule has 4 aromatic rings. The molecule has 0 saturated heterocycles. The van der Waals surface area contributed by atoms with E-state index in [1.54, 1.807) is 24.3 Å². The van der Waals surface area contributed by atoms with Crippen LogP contribution in [0, 0.1) is 6.92 Å². The average Bonchev–Trinajstić information content (AvgIpc) is 2.99. The van der Waals surface area contributed by atoms with Crippen LogP contribution >= 0.6 is 0 Å². The Morgan fingerprint density at radius 2 is 1.70 bits per heavy atom. The third-order valence-electron chi connectivity index (χ3n) is 7.27. The molecule has 0 fully saturated rings. The van der Waals surface area contributed by atoms with E-state index in [2.05, 4.69) is 16.0 Å². The number of halogens is 3. The van der Waals surface area contributed by atoms with Gasteiger partial charge in [0.25, 0.3) is 0 Å². The lowest BCUT2D eigenvalue weighted by molar-refractivity contribution is -0.192. The van der Waals surface area contributed by atoms with E-state index in [4.69, 9.17) is 20.4 Å². The van der Waals surface area contributed by atoms with Crippen LogP contribution in [0.4, 0.5) is 35.0 Å². The predicted octanol–water partition coefficient (Wildman–Crippen LogP) is 5.95. The molecule has 2 heterocycles. The van der Waals surface area contributed by atoms with E-state index in [0.717, 1.165) is 21.9 Å². The van der Waals surface area contributed by atoms with Gasteiger partial charge in [-0.1, -0.05) is 48.5 Å². The summed E-state index contributed by atoms with van der Waals surface area (Å²) in [5.41, 5.74) is 11.1. The third-order valence-corrected chi connectivity index (χ3v) is 7.27. The second kappa shape index (κ2) is 14.5. The fraction of sp³-hybridized carbons (Fsp3) is 0.212.